The van der Waals surface area contributed by atoms with E-state index >= 15 is 0 Å². The number of nitrogens with two attached hydrogens (primary N) is 1. The molecule has 0 fully saturated rings. The van der Waals surface area contributed by atoms with Gasteiger partial charge < -0.3 is 15.2 Å². The summed E-state index contributed by atoms with van der Waals surface area (Å²) in [4.78, 5) is 4.46. The third kappa shape index (κ3) is 3.96. The van der Waals surface area contributed by atoms with Crippen LogP contribution in [0, 0.1) is 0 Å². The molecule has 2 rings (SSSR count). The molecule has 1 heterocycles. The second-order valence-electron chi connectivity index (χ2n) is 4.38. The van der Waals surface area contributed by atoms with E-state index < -0.39 is 0 Å². The second-order valence-corrected chi connectivity index (χ2v) is 6.09. The molecule has 0 unspecified atom stereocenters. The number of halogens is 2. The van der Waals surface area contributed by atoms with Crippen molar-refractivity contribution in [3.8, 4) is 17.4 Å². The Labute approximate surface area is 140 Å². The maximum Gasteiger partial charge on any atom is 0.219 e. The zero-order chi connectivity index (χ0) is 15.4. The summed E-state index contributed by atoms with van der Waals surface area (Å²) in [7, 11) is 1.62. The number of nitrogens with zero attached hydrogens (tertiary/aromatic N) is 1. The van der Waals surface area contributed by atoms with Gasteiger partial charge in [0.05, 0.1) is 16.1 Å². The monoisotopic (exact) mass is 414 g/mol. The molecule has 0 atom stereocenters. The molecule has 2 aromatic rings. The number of benzene rings is 1. The number of aromatic nitrogens is 1. The molecule has 0 aliphatic rings. The molecular weight excluding hydrogens is 400 g/mol. The summed E-state index contributed by atoms with van der Waals surface area (Å²) < 4.78 is 12.7. The van der Waals surface area contributed by atoms with E-state index in [4.69, 9.17) is 15.2 Å². The Bertz CT molecular complexity index is 626. The molecule has 2 N–H and O–H groups in total. The Kier molecular flexibility index (Phi) is 5.61. The summed E-state index contributed by atoms with van der Waals surface area (Å²) in [5, 5.41) is 0. The van der Waals surface area contributed by atoms with Crippen molar-refractivity contribution in [2.75, 3.05) is 7.11 Å². The summed E-state index contributed by atoms with van der Waals surface area (Å²) >= 11 is 6.92. The van der Waals surface area contributed by atoms with Gasteiger partial charge in [-0.3, -0.25) is 0 Å². The van der Waals surface area contributed by atoms with Gasteiger partial charge in [0.15, 0.2) is 0 Å². The van der Waals surface area contributed by atoms with E-state index in [1.807, 2.05) is 31.2 Å². The van der Waals surface area contributed by atoms with E-state index in [2.05, 4.69) is 36.8 Å². The van der Waals surface area contributed by atoms with Crippen LogP contribution in [0.3, 0.4) is 0 Å². The van der Waals surface area contributed by atoms with Crippen molar-refractivity contribution < 1.29 is 9.47 Å². The van der Waals surface area contributed by atoms with Crippen LogP contribution < -0.4 is 15.2 Å². The molecule has 0 amide bonds. The number of ether oxygens (including phenoxy) is 2. The van der Waals surface area contributed by atoms with Crippen molar-refractivity contribution in [2.45, 2.75) is 19.9 Å². The first-order chi connectivity index (χ1) is 10.1. The highest BCUT2D eigenvalue weighted by molar-refractivity contribution is 9.11. The van der Waals surface area contributed by atoms with Crippen LogP contribution in [0.4, 0.5) is 0 Å². The van der Waals surface area contributed by atoms with Crippen LogP contribution in [0.2, 0.25) is 0 Å². The predicted octanol–water partition coefficient (Wildman–Crippen LogP) is 4.43. The average Bonchev–Trinajstić information content (AvgIpc) is 2.50. The van der Waals surface area contributed by atoms with Gasteiger partial charge in [-0.1, -0.05) is 6.92 Å². The van der Waals surface area contributed by atoms with Gasteiger partial charge in [-0.15, -0.1) is 0 Å². The zero-order valence-corrected chi connectivity index (χ0v) is 15.0. The number of rotatable bonds is 5. The van der Waals surface area contributed by atoms with E-state index in [1.54, 1.807) is 7.11 Å². The van der Waals surface area contributed by atoms with Crippen LogP contribution in [0.15, 0.2) is 33.2 Å². The zero-order valence-electron chi connectivity index (χ0n) is 11.8. The van der Waals surface area contributed by atoms with E-state index in [-0.39, 0.29) is 0 Å². The molecule has 0 aliphatic heterocycles. The Morgan fingerprint density at radius 2 is 1.76 bits per heavy atom. The minimum absolute atomic E-state index is 0.458. The molecule has 0 spiro atoms. The summed E-state index contributed by atoms with van der Waals surface area (Å²) in [6, 6.07) is 7.52. The first kappa shape index (κ1) is 16.3. The smallest absolute Gasteiger partial charge is 0.219 e. The number of hydrogen-bond acceptors (Lipinski definition) is 4. The van der Waals surface area contributed by atoms with Crippen molar-refractivity contribution in [3.05, 3.63) is 44.5 Å². The van der Waals surface area contributed by atoms with Gasteiger partial charge in [0, 0.05) is 18.3 Å². The van der Waals surface area contributed by atoms with E-state index in [1.165, 1.54) is 0 Å². The van der Waals surface area contributed by atoms with Crippen molar-refractivity contribution in [1.29, 1.82) is 0 Å². The molecule has 1 aromatic carbocycles. The molecule has 4 nitrogen and oxygen atoms in total. The van der Waals surface area contributed by atoms with Gasteiger partial charge in [-0.25, -0.2) is 4.98 Å². The fraction of sp³-hybridized carbons (Fsp3) is 0.267. The first-order valence-electron chi connectivity index (χ1n) is 6.48. The molecule has 0 radical (unpaired) electrons. The lowest BCUT2D eigenvalue weighted by atomic mass is 10.2. The van der Waals surface area contributed by atoms with Crippen LogP contribution in [-0.2, 0) is 13.0 Å². The second kappa shape index (κ2) is 7.24. The predicted molar refractivity (Wildman–Crippen MR) is 90.0 cm³/mol. The Morgan fingerprint density at radius 1 is 1.10 bits per heavy atom. The number of hydrogen-bond donors (Lipinski definition) is 1. The van der Waals surface area contributed by atoms with E-state index in [0.29, 0.717) is 18.2 Å². The molecule has 0 saturated carbocycles. The van der Waals surface area contributed by atoms with Crippen LogP contribution in [-0.4, -0.2) is 12.1 Å². The summed E-state index contributed by atoms with van der Waals surface area (Å²) in [6.45, 7) is 2.51. The van der Waals surface area contributed by atoms with Crippen molar-refractivity contribution >= 4 is 31.9 Å². The number of aryl methyl sites for hydroxylation is 1. The van der Waals surface area contributed by atoms with Gasteiger partial charge in [0.2, 0.25) is 5.88 Å². The summed E-state index contributed by atoms with van der Waals surface area (Å²) in [6.07, 6.45) is 0.831. The molecular formula is C15H16Br2N2O2. The fourth-order valence-electron chi connectivity index (χ4n) is 1.83. The standard InChI is InChI=1S/C15H16Br2N2O2/c1-3-10-4-9(8-18)5-15(19-10)21-14-7-11(16)13(20-2)6-12(14)17/h4-7H,3,8,18H2,1-2H3. The van der Waals surface area contributed by atoms with E-state index in [0.717, 1.165) is 32.4 Å². The van der Waals surface area contributed by atoms with Crippen molar-refractivity contribution in [3.63, 3.8) is 0 Å². The molecule has 6 heteroatoms. The Hall–Kier alpha value is -1.11. The SMILES string of the molecule is CCc1cc(CN)cc(Oc2cc(Br)c(OC)cc2Br)n1. The topological polar surface area (TPSA) is 57.4 Å². The average molecular weight is 416 g/mol. The van der Waals surface area contributed by atoms with Crippen LogP contribution in [0.25, 0.3) is 0 Å². The third-order valence-electron chi connectivity index (χ3n) is 2.93. The number of methoxy groups -OCH3 is 1. The van der Waals surface area contributed by atoms with Crippen LogP contribution >= 0.6 is 31.9 Å². The summed E-state index contributed by atoms with van der Waals surface area (Å²) in [5.41, 5.74) is 7.67. The lowest BCUT2D eigenvalue weighted by Crippen LogP contribution is -2.01. The lowest BCUT2D eigenvalue weighted by Gasteiger charge is -2.12. The maximum absolute atomic E-state index is 5.88. The largest absolute Gasteiger partial charge is 0.496 e. The minimum atomic E-state index is 0.458. The molecule has 112 valence electrons. The maximum atomic E-state index is 5.88. The summed E-state index contributed by atoms with van der Waals surface area (Å²) in [5.74, 6) is 1.92. The molecule has 1 aromatic heterocycles. The quantitative estimate of drug-likeness (QED) is 0.784. The fourth-order valence-corrected chi connectivity index (χ4v) is 2.72. The van der Waals surface area contributed by atoms with Crippen LogP contribution in [0.5, 0.6) is 17.4 Å². The molecule has 21 heavy (non-hydrogen) atoms. The van der Waals surface area contributed by atoms with Gasteiger partial charge in [-0.2, -0.15) is 0 Å². The van der Waals surface area contributed by atoms with Gasteiger partial charge in [0.1, 0.15) is 11.5 Å². The first-order valence-corrected chi connectivity index (χ1v) is 8.06. The normalized spacial score (nSPS) is 10.5. The highest BCUT2D eigenvalue weighted by Gasteiger charge is 2.11. The van der Waals surface area contributed by atoms with Crippen LogP contribution in [0.1, 0.15) is 18.2 Å². The van der Waals surface area contributed by atoms with Gasteiger partial charge >= 0.3 is 0 Å². The highest BCUT2D eigenvalue weighted by atomic mass is 79.9. The highest BCUT2D eigenvalue weighted by Crippen LogP contribution is 2.37. The Balaban J connectivity index is 2.35. The molecule has 0 aliphatic carbocycles. The molecule has 0 saturated heterocycles. The lowest BCUT2D eigenvalue weighted by molar-refractivity contribution is 0.408. The number of pyridine rings is 1. The van der Waals surface area contributed by atoms with Crippen molar-refractivity contribution in [2.24, 2.45) is 5.73 Å². The van der Waals surface area contributed by atoms with Gasteiger partial charge in [-0.05, 0) is 62.0 Å². The van der Waals surface area contributed by atoms with Crippen molar-refractivity contribution in [1.82, 2.24) is 4.98 Å². The van der Waals surface area contributed by atoms with E-state index in [9.17, 15) is 0 Å². The third-order valence-corrected chi connectivity index (χ3v) is 4.17. The Morgan fingerprint density at radius 3 is 2.38 bits per heavy atom. The van der Waals surface area contributed by atoms with Gasteiger partial charge in [0.25, 0.3) is 0 Å². The molecule has 0 bridgehead atoms. The minimum Gasteiger partial charge on any atom is -0.496 e.